The number of rotatable bonds is 2. The van der Waals surface area contributed by atoms with Crippen LogP contribution in [-0.2, 0) is 0 Å². The van der Waals surface area contributed by atoms with Gasteiger partial charge in [-0.1, -0.05) is 19.9 Å². The van der Waals surface area contributed by atoms with E-state index in [9.17, 15) is 4.79 Å². The Morgan fingerprint density at radius 2 is 2.18 bits per heavy atom. The van der Waals surface area contributed by atoms with E-state index in [1.54, 1.807) is 18.3 Å². The van der Waals surface area contributed by atoms with E-state index in [-0.39, 0.29) is 11.7 Å². The predicted molar refractivity (Wildman–Crippen MR) is 43.4 cm³/mol. The van der Waals surface area contributed by atoms with Gasteiger partial charge in [0.1, 0.15) is 5.69 Å². The first-order valence-electron chi connectivity index (χ1n) is 3.67. The van der Waals surface area contributed by atoms with E-state index in [1.165, 1.54) is 0 Å². The summed E-state index contributed by atoms with van der Waals surface area (Å²) in [5, 5.41) is 0. The molecular weight excluding hydrogens is 138 g/mol. The second kappa shape index (κ2) is 3.28. The molecule has 1 heterocycles. The lowest BCUT2D eigenvalue weighted by Gasteiger charge is -2.00. The Kier molecular flexibility index (Phi) is 2.36. The molecule has 2 heteroatoms. The lowest BCUT2D eigenvalue weighted by molar-refractivity contribution is 0.0934. The van der Waals surface area contributed by atoms with Gasteiger partial charge in [-0.2, -0.15) is 0 Å². The zero-order valence-corrected chi connectivity index (χ0v) is 6.74. The maximum Gasteiger partial charge on any atom is 0.183 e. The highest BCUT2D eigenvalue weighted by molar-refractivity contribution is 5.95. The van der Waals surface area contributed by atoms with Crippen LogP contribution in [0.15, 0.2) is 24.4 Å². The van der Waals surface area contributed by atoms with Crippen LogP contribution >= 0.6 is 0 Å². The first-order valence-corrected chi connectivity index (χ1v) is 3.67. The molecule has 0 spiro atoms. The summed E-state index contributed by atoms with van der Waals surface area (Å²) in [5.74, 6) is 0.135. The molecule has 0 saturated heterocycles. The van der Waals surface area contributed by atoms with Gasteiger partial charge in [0, 0.05) is 12.1 Å². The summed E-state index contributed by atoms with van der Waals surface area (Å²) in [6.45, 7) is 3.74. The van der Waals surface area contributed by atoms with E-state index in [0.29, 0.717) is 5.69 Å². The number of nitrogens with zero attached hydrogens (tertiary/aromatic N) is 1. The summed E-state index contributed by atoms with van der Waals surface area (Å²) in [7, 11) is 0. The smallest absolute Gasteiger partial charge is 0.183 e. The van der Waals surface area contributed by atoms with Gasteiger partial charge in [0.25, 0.3) is 0 Å². The highest BCUT2D eigenvalue weighted by Crippen LogP contribution is 2.03. The Balaban J connectivity index is 2.86. The van der Waals surface area contributed by atoms with Crippen LogP contribution in [0.1, 0.15) is 24.3 Å². The van der Waals surface area contributed by atoms with E-state index in [2.05, 4.69) is 4.98 Å². The molecule has 0 aliphatic heterocycles. The molecule has 1 aromatic heterocycles. The van der Waals surface area contributed by atoms with Gasteiger partial charge >= 0.3 is 0 Å². The molecule has 58 valence electrons. The minimum absolute atomic E-state index is 0.0323. The van der Waals surface area contributed by atoms with Crippen molar-refractivity contribution in [3.05, 3.63) is 30.1 Å². The molecule has 0 atom stereocenters. The molecule has 0 aliphatic carbocycles. The molecule has 0 aliphatic rings. The van der Waals surface area contributed by atoms with Crippen molar-refractivity contribution in [3.8, 4) is 0 Å². The molecule has 0 fully saturated rings. The Labute approximate surface area is 66.3 Å². The monoisotopic (exact) mass is 149 g/mol. The fraction of sp³-hybridized carbons (Fsp3) is 0.333. The molecule has 0 N–H and O–H groups in total. The van der Waals surface area contributed by atoms with Gasteiger partial charge in [0.15, 0.2) is 5.78 Å². The van der Waals surface area contributed by atoms with E-state index >= 15 is 0 Å². The van der Waals surface area contributed by atoms with Crippen molar-refractivity contribution < 1.29 is 4.79 Å². The molecule has 1 aromatic rings. The number of hydrogen-bond acceptors (Lipinski definition) is 2. The highest BCUT2D eigenvalue weighted by atomic mass is 16.1. The third-order valence-corrected chi connectivity index (χ3v) is 1.44. The van der Waals surface area contributed by atoms with E-state index in [1.807, 2.05) is 19.9 Å². The topological polar surface area (TPSA) is 30.0 Å². The minimum Gasteiger partial charge on any atom is -0.292 e. The number of aromatic nitrogens is 1. The third-order valence-electron chi connectivity index (χ3n) is 1.44. The second-order valence-electron chi connectivity index (χ2n) is 2.73. The summed E-state index contributed by atoms with van der Waals surface area (Å²) in [5.41, 5.74) is 0.558. The minimum atomic E-state index is 0.0323. The van der Waals surface area contributed by atoms with Crippen molar-refractivity contribution in [2.24, 2.45) is 5.92 Å². The van der Waals surface area contributed by atoms with Gasteiger partial charge in [-0.3, -0.25) is 9.78 Å². The van der Waals surface area contributed by atoms with Crippen molar-refractivity contribution in [2.75, 3.05) is 0 Å². The maximum atomic E-state index is 11.3. The summed E-state index contributed by atoms with van der Waals surface area (Å²) in [4.78, 5) is 15.2. The van der Waals surface area contributed by atoms with Crippen molar-refractivity contribution in [1.29, 1.82) is 0 Å². The van der Waals surface area contributed by atoms with Crippen LogP contribution in [0.2, 0.25) is 0 Å². The van der Waals surface area contributed by atoms with Crippen LogP contribution < -0.4 is 0 Å². The Hall–Kier alpha value is -1.18. The molecule has 0 amide bonds. The molecule has 0 bridgehead atoms. The Bertz CT molecular complexity index is 241. The van der Waals surface area contributed by atoms with Gasteiger partial charge in [-0.05, 0) is 12.1 Å². The number of carbonyl (C=O) groups excluding carboxylic acids is 1. The molecule has 0 aromatic carbocycles. The van der Waals surface area contributed by atoms with Crippen LogP contribution in [0.3, 0.4) is 0 Å². The quantitative estimate of drug-likeness (QED) is 0.601. The average molecular weight is 149 g/mol. The third kappa shape index (κ3) is 1.87. The van der Waals surface area contributed by atoms with Crippen molar-refractivity contribution in [2.45, 2.75) is 13.8 Å². The maximum absolute atomic E-state index is 11.3. The lowest BCUT2D eigenvalue weighted by Crippen LogP contribution is -2.08. The zero-order chi connectivity index (χ0) is 8.27. The van der Waals surface area contributed by atoms with Crippen molar-refractivity contribution in [3.63, 3.8) is 0 Å². The molecule has 1 rings (SSSR count). The standard InChI is InChI=1S/C9H11NO/c1-7(2)9(11)8-5-3-4-6-10-8/h3-7H,1-2H3. The van der Waals surface area contributed by atoms with Gasteiger partial charge in [0.2, 0.25) is 0 Å². The van der Waals surface area contributed by atoms with Gasteiger partial charge < -0.3 is 0 Å². The number of carbonyl (C=O) groups is 1. The number of ketones is 1. The summed E-state index contributed by atoms with van der Waals surface area (Å²) in [6.07, 6.45) is 1.63. The first kappa shape index (κ1) is 7.92. The van der Waals surface area contributed by atoms with Gasteiger partial charge in [0.05, 0.1) is 0 Å². The molecule has 0 saturated carbocycles. The number of Topliss-reactive ketones (excluding diaryl/α,β-unsaturated/α-hetero) is 1. The van der Waals surface area contributed by atoms with Crippen LogP contribution in [0.25, 0.3) is 0 Å². The SMILES string of the molecule is CC(C)C(=O)c1ccccn1. The summed E-state index contributed by atoms with van der Waals surface area (Å²) >= 11 is 0. The number of pyridine rings is 1. The Morgan fingerprint density at radius 1 is 1.45 bits per heavy atom. The molecular formula is C9H11NO. The van der Waals surface area contributed by atoms with E-state index in [0.717, 1.165) is 0 Å². The van der Waals surface area contributed by atoms with E-state index in [4.69, 9.17) is 0 Å². The Morgan fingerprint density at radius 3 is 2.64 bits per heavy atom. The van der Waals surface area contributed by atoms with Crippen molar-refractivity contribution in [1.82, 2.24) is 4.98 Å². The van der Waals surface area contributed by atoms with Crippen LogP contribution in [0.4, 0.5) is 0 Å². The summed E-state index contributed by atoms with van der Waals surface area (Å²) in [6, 6.07) is 5.36. The first-order chi connectivity index (χ1) is 5.22. The van der Waals surface area contributed by atoms with Gasteiger partial charge in [-0.15, -0.1) is 0 Å². The lowest BCUT2D eigenvalue weighted by atomic mass is 10.1. The average Bonchev–Trinajstić information content (AvgIpc) is 2.05. The van der Waals surface area contributed by atoms with Crippen LogP contribution in [-0.4, -0.2) is 10.8 Å². The zero-order valence-electron chi connectivity index (χ0n) is 6.74. The fourth-order valence-corrected chi connectivity index (χ4v) is 0.804. The predicted octanol–water partition coefficient (Wildman–Crippen LogP) is 1.92. The van der Waals surface area contributed by atoms with Crippen LogP contribution in [0.5, 0.6) is 0 Å². The largest absolute Gasteiger partial charge is 0.292 e. The molecule has 11 heavy (non-hydrogen) atoms. The molecule has 0 radical (unpaired) electrons. The second-order valence-corrected chi connectivity index (χ2v) is 2.73. The molecule has 2 nitrogen and oxygen atoms in total. The normalized spacial score (nSPS) is 10.1. The fourth-order valence-electron chi connectivity index (χ4n) is 0.804. The van der Waals surface area contributed by atoms with Crippen molar-refractivity contribution >= 4 is 5.78 Å². The molecule has 0 unspecified atom stereocenters. The van der Waals surface area contributed by atoms with E-state index < -0.39 is 0 Å². The number of hydrogen-bond donors (Lipinski definition) is 0. The summed E-state index contributed by atoms with van der Waals surface area (Å²) < 4.78 is 0. The van der Waals surface area contributed by atoms with Gasteiger partial charge in [-0.25, -0.2) is 0 Å². The highest BCUT2D eigenvalue weighted by Gasteiger charge is 2.09. The van der Waals surface area contributed by atoms with Crippen LogP contribution in [0, 0.1) is 5.92 Å².